The second-order valence-corrected chi connectivity index (χ2v) is 15.3. The Morgan fingerprint density at radius 2 is 1.83 bits per heavy atom. The molecule has 41 heavy (non-hydrogen) atoms. The van der Waals surface area contributed by atoms with Gasteiger partial charge in [-0.25, -0.2) is 4.39 Å². The summed E-state index contributed by atoms with van der Waals surface area (Å²) in [6.45, 7) is 8.34. The Balaban J connectivity index is 1.35. The molecule has 0 amide bonds. The number of carbonyl (C=O) groups excluding carboxylic acids is 2. The van der Waals surface area contributed by atoms with Gasteiger partial charge in [0, 0.05) is 11.8 Å². The Morgan fingerprint density at radius 1 is 1.15 bits per heavy atom. The van der Waals surface area contributed by atoms with Crippen molar-refractivity contribution in [3.05, 3.63) is 41.5 Å². The molecule has 0 unspecified atom stereocenters. The summed E-state index contributed by atoms with van der Waals surface area (Å²) in [5.74, 6) is -2.59. The number of fused-ring (bicyclic) bond motifs is 7. The zero-order valence-corrected chi connectivity index (χ0v) is 25.0. The second kappa shape index (κ2) is 9.26. The van der Waals surface area contributed by atoms with Gasteiger partial charge >= 0.3 is 0 Å². The number of aryl methyl sites for hydroxylation is 1. The smallest absolute Gasteiger partial charge is 0.297 e. The second-order valence-electron chi connectivity index (χ2n) is 13.7. The van der Waals surface area contributed by atoms with Crippen LogP contribution in [0.5, 0.6) is 0 Å². The molecule has 1 aliphatic heterocycles. The van der Waals surface area contributed by atoms with Crippen molar-refractivity contribution in [2.24, 2.45) is 28.6 Å². The summed E-state index contributed by atoms with van der Waals surface area (Å²) in [5.41, 5.74) is -1.86. The maximum atomic E-state index is 15.8. The van der Waals surface area contributed by atoms with Crippen molar-refractivity contribution in [2.75, 3.05) is 6.61 Å². The highest BCUT2D eigenvalue weighted by atomic mass is 32.2. The highest BCUT2D eigenvalue weighted by Gasteiger charge is 2.77. The van der Waals surface area contributed by atoms with E-state index in [1.54, 1.807) is 26.0 Å². The number of carbonyl (C=O) groups is 2. The predicted molar refractivity (Wildman–Crippen MR) is 146 cm³/mol. The Kier molecular flexibility index (Phi) is 6.57. The van der Waals surface area contributed by atoms with Crippen molar-refractivity contribution >= 4 is 21.7 Å². The van der Waals surface area contributed by atoms with Crippen molar-refractivity contribution in [1.82, 2.24) is 0 Å². The van der Waals surface area contributed by atoms with E-state index in [-0.39, 0.29) is 41.3 Å². The van der Waals surface area contributed by atoms with Gasteiger partial charge in [-0.15, -0.1) is 0 Å². The van der Waals surface area contributed by atoms with Crippen LogP contribution in [0.2, 0.25) is 0 Å². The molecule has 1 N–H and O–H groups in total. The van der Waals surface area contributed by atoms with Gasteiger partial charge in [0.2, 0.25) is 0 Å². The number of aliphatic hydroxyl groups is 1. The number of rotatable bonds is 5. The minimum Gasteiger partial charge on any atom is -0.393 e. The standard InChI is InChI=1S/C31H39FO8S/c1-17-6-8-19(9-7-17)41(36,37)38-16-25(35)31-26(39-28(2,3)40-31)14-21-20-13-23(32)22-12-18(33)10-11-29(22,4)27(20)24(34)15-30(21,31)5/h6-9,12,20-21,23-24,26-27,34H,10-11,13-16H2,1-5H3/t20-,21-,23-,24-,26+,27+,29-,30-,31+/m0/s1. The lowest BCUT2D eigenvalue weighted by molar-refractivity contribution is -0.228. The molecule has 0 radical (unpaired) electrons. The van der Waals surface area contributed by atoms with Crippen molar-refractivity contribution in [3.8, 4) is 0 Å². The number of hydrogen-bond donors (Lipinski definition) is 1. The van der Waals surface area contributed by atoms with Crippen molar-refractivity contribution in [2.45, 2.75) is 101 Å². The van der Waals surface area contributed by atoms with Crippen LogP contribution in [0.4, 0.5) is 4.39 Å². The van der Waals surface area contributed by atoms with Crippen LogP contribution in [0.25, 0.3) is 0 Å². The molecule has 1 saturated heterocycles. The van der Waals surface area contributed by atoms with Crippen LogP contribution >= 0.6 is 0 Å². The van der Waals surface area contributed by atoms with Crippen LogP contribution in [0.1, 0.15) is 65.4 Å². The molecule has 10 heteroatoms. The average Bonchev–Trinajstić information content (AvgIpc) is 3.29. The molecule has 1 aromatic carbocycles. The van der Waals surface area contributed by atoms with Gasteiger partial charge in [0.05, 0.1) is 17.1 Å². The molecule has 0 spiro atoms. The third-order valence-electron chi connectivity index (χ3n) is 10.9. The van der Waals surface area contributed by atoms with Gasteiger partial charge in [-0.3, -0.25) is 13.8 Å². The molecule has 4 aliphatic carbocycles. The molecule has 3 saturated carbocycles. The molecular weight excluding hydrogens is 551 g/mol. The van der Waals surface area contributed by atoms with Crippen molar-refractivity contribution < 1.29 is 41.2 Å². The molecule has 224 valence electrons. The summed E-state index contributed by atoms with van der Waals surface area (Å²) < 4.78 is 59.8. The van der Waals surface area contributed by atoms with Crippen LogP contribution in [0, 0.1) is 35.5 Å². The van der Waals surface area contributed by atoms with E-state index in [0.29, 0.717) is 24.8 Å². The zero-order chi connectivity index (χ0) is 29.8. The normalized spacial score (nSPS) is 43.0. The lowest BCUT2D eigenvalue weighted by Gasteiger charge is -2.61. The number of alkyl halides is 1. The first-order valence-electron chi connectivity index (χ1n) is 14.5. The molecule has 5 aliphatic rings. The van der Waals surface area contributed by atoms with E-state index in [0.717, 1.165) is 5.56 Å². The molecule has 0 bridgehead atoms. The zero-order valence-electron chi connectivity index (χ0n) is 24.2. The number of benzene rings is 1. The maximum absolute atomic E-state index is 15.8. The van der Waals surface area contributed by atoms with Crippen LogP contribution < -0.4 is 0 Å². The number of halogens is 1. The van der Waals surface area contributed by atoms with E-state index in [2.05, 4.69) is 0 Å². The lowest BCUT2D eigenvalue weighted by atomic mass is 9.45. The summed E-state index contributed by atoms with van der Waals surface area (Å²) in [4.78, 5) is 26.3. The highest BCUT2D eigenvalue weighted by Crippen LogP contribution is 2.71. The quantitative estimate of drug-likeness (QED) is 0.507. The van der Waals surface area contributed by atoms with Gasteiger partial charge in [-0.2, -0.15) is 8.42 Å². The maximum Gasteiger partial charge on any atom is 0.297 e. The van der Waals surface area contributed by atoms with Crippen LogP contribution in [0.15, 0.2) is 40.8 Å². The Labute approximate surface area is 240 Å². The summed E-state index contributed by atoms with van der Waals surface area (Å²) in [7, 11) is -4.22. The van der Waals surface area contributed by atoms with E-state index in [4.69, 9.17) is 13.7 Å². The van der Waals surface area contributed by atoms with Gasteiger partial charge < -0.3 is 14.6 Å². The SMILES string of the molecule is Cc1ccc(S(=O)(=O)OCC(=O)[C@@]23OC(C)(C)O[C@@H]2C[C@H]2[C@@H]4C[C@H](F)C5=CC(=O)CC[C@]5(C)[C@H]4[C@@H](O)C[C@@]23C)cc1. The largest absolute Gasteiger partial charge is 0.393 e. The minimum atomic E-state index is -4.22. The molecular formula is C31H39FO8S. The van der Waals surface area contributed by atoms with E-state index in [9.17, 15) is 23.1 Å². The van der Waals surface area contributed by atoms with Crippen molar-refractivity contribution in [3.63, 3.8) is 0 Å². The number of ether oxygens (including phenoxy) is 2. The Bertz CT molecular complexity index is 1420. The fourth-order valence-electron chi connectivity index (χ4n) is 9.30. The molecule has 1 aromatic rings. The Morgan fingerprint density at radius 3 is 2.51 bits per heavy atom. The predicted octanol–water partition coefficient (Wildman–Crippen LogP) is 4.22. The van der Waals surface area contributed by atoms with Crippen LogP contribution in [0.3, 0.4) is 0 Å². The van der Waals surface area contributed by atoms with Gasteiger partial charge in [0.1, 0.15) is 12.8 Å². The molecule has 6 rings (SSSR count). The first-order chi connectivity index (χ1) is 19.0. The highest BCUT2D eigenvalue weighted by molar-refractivity contribution is 7.86. The Hall–Kier alpha value is -1.98. The minimum absolute atomic E-state index is 0.0560. The number of ketones is 2. The summed E-state index contributed by atoms with van der Waals surface area (Å²) in [6.07, 6.45) is 0.0317. The van der Waals surface area contributed by atoms with Gasteiger partial charge in [-0.05, 0) is 93.4 Å². The molecule has 4 fully saturated rings. The summed E-state index contributed by atoms with van der Waals surface area (Å²) in [5, 5.41) is 11.8. The monoisotopic (exact) mass is 590 g/mol. The van der Waals surface area contributed by atoms with E-state index in [1.165, 1.54) is 18.2 Å². The summed E-state index contributed by atoms with van der Waals surface area (Å²) >= 11 is 0. The molecule has 0 aromatic heterocycles. The number of allylic oxidation sites excluding steroid dienone is 1. The van der Waals surface area contributed by atoms with E-state index >= 15 is 4.39 Å². The third kappa shape index (κ3) is 4.15. The number of aliphatic hydroxyl groups excluding tert-OH is 1. The fraction of sp³-hybridized carbons (Fsp3) is 0.677. The lowest BCUT2D eigenvalue weighted by Crippen LogP contribution is -2.65. The number of Topliss-reactive ketones (excluding diaryl/α,β-unsaturated/α-hetero) is 1. The first-order valence-corrected chi connectivity index (χ1v) is 15.9. The first kappa shape index (κ1) is 29.1. The van der Waals surface area contributed by atoms with Crippen LogP contribution in [-0.4, -0.2) is 61.5 Å². The van der Waals surface area contributed by atoms with E-state index < -0.39 is 63.1 Å². The van der Waals surface area contributed by atoms with Gasteiger partial charge in [0.15, 0.2) is 23.0 Å². The number of hydrogen-bond acceptors (Lipinski definition) is 8. The van der Waals surface area contributed by atoms with Gasteiger partial charge in [0.25, 0.3) is 10.1 Å². The third-order valence-corrected chi connectivity index (χ3v) is 12.2. The molecule has 1 heterocycles. The van der Waals surface area contributed by atoms with Gasteiger partial charge in [-0.1, -0.05) is 31.5 Å². The summed E-state index contributed by atoms with van der Waals surface area (Å²) in [6, 6.07) is 6.16. The van der Waals surface area contributed by atoms with Crippen LogP contribution in [-0.2, 0) is 33.4 Å². The molecule has 9 atom stereocenters. The van der Waals surface area contributed by atoms with E-state index in [1.807, 2.05) is 20.8 Å². The topological polar surface area (TPSA) is 116 Å². The fourth-order valence-corrected chi connectivity index (χ4v) is 10.2. The van der Waals surface area contributed by atoms with Crippen molar-refractivity contribution in [1.29, 1.82) is 0 Å². The molecule has 8 nitrogen and oxygen atoms in total. The average molecular weight is 591 g/mol.